The molecule has 0 heterocycles. The molecule has 0 spiro atoms. The molecule has 1 atom stereocenters. The zero-order chi connectivity index (χ0) is 8.74. The second-order valence-electron chi connectivity index (χ2n) is 3.06. The fraction of sp³-hybridized carbons (Fsp3) is 0.778. The zero-order valence-corrected chi connectivity index (χ0v) is 7.56. The standard InChI is InChI=1S/C9H19NO/c1-4-7-10-9(3,5-2)6-8-11/h4,10-11H,1,5-8H2,2-3H3. The van der Waals surface area contributed by atoms with Crippen molar-refractivity contribution in [3.63, 3.8) is 0 Å². The molecule has 0 aliphatic heterocycles. The van der Waals surface area contributed by atoms with Gasteiger partial charge in [0.05, 0.1) is 0 Å². The van der Waals surface area contributed by atoms with Gasteiger partial charge in [0, 0.05) is 18.7 Å². The lowest BCUT2D eigenvalue weighted by Gasteiger charge is -2.28. The summed E-state index contributed by atoms with van der Waals surface area (Å²) in [5.74, 6) is 0. The van der Waals surface area contributed by atoms with Gasteiger partial charge in [-0.2, -0.15) is 0 Å². The average molecular weight is 157 g/mol. The van der Waals surface area contributed by atoms with Gasteiger partial charge >= 0.3 is 0 Å². The molecule has 11 heavy (non-hydrogen) atoms. The van der Waals surface area contributed by atoms with Crippen molar-refractivity contribution in [2.75, 3.05) is 13.2 Å². The van der Waals surface area contributed by atoms with Gasteiger partial charge in [0.25, 0.3) is 0 Å². The molecular weight excluding hydrogens is 138 g/mol. The summed E-state index contributed by atoms with van der Waals surface area (Å²) in [5.41, 5.74) is 0.0724. The summed E-state index contributed by atoms with van der Waals surface area (Å²) in [4.78, 5) is 0. The minimum absolute atomic E-state index is 0.0724. The van der Waals surface area contributed by atoms with E-state index in [0.29, 0.717) is 0 Å². The lowest BCUT2D eigenvalue weighted by atomic mass is 9.95. The number of nitrogens with one attached hydrogen (secondary N) is 1. The molecule has 2 nitrogen and oxygen atoms in total. The summed E-state index contributed by atoms with van der Waals surface area (Å²) in [6, 6.07) is 0. The van der Waals surface area contributed by atoms with Crippen LogP contribution >= 0.6 is 0 Å². The normalized spacial score (nSPS) is 15.9. The van der Waals surface area contributed by atoms with Crippen LogP contribution in [0.15, 0.2) is 12.7 Å². The van der Waals surface area contributed by atoms with Crippen LogP contribution in [0.1, 0.15) is 26.7 Å². The van der Waals surface area contributed by atoms with Crippen molar-refractivity contribution in [1.82, 2.24) is 5.32 Å². The maximum atomic E-state index is 8.77. The SMILES string of the molecule is C=CCNC(C)(CC)CCO. The molecule has 0 aromatic carbocycles. The molecule has 2 N–H and O–H groups in total. The molecule has 0 saturated carbocycles. The van der Waals surface area contributed by atoms with E-state index in [-0.39, 0.29) is 12.1 Å². The first-order valence-corrected chi connectivity index (χ1v) is 4.15. The summed E-state index contributed by atoms with van der Waals surface area (Å²) >= 11 is 0. The molecule has 0 radical (unpaired) electrons. The van der Waals surface area contributed by atoms with Gasteiger partial charge in [-0.3, -0.25) is 0 Å². The Morgan fingerprint density at radius 1 is 1.64 bits per heavy atom. The van der Waals surface area contributed by atoms with Crippen molar-refractivity contribution < 1.29 is 5.11 Å². The third kappa shape index (κ3) is 4.17. The van der Waals surface area contributed by atoms with E-state index >= 15 is 0 Å². The molecule has 1 unspecified atom stereocenters. The Morgan fingerprint density at radius 2 is 2.27 bits per heavy atom. The highest BCUT2D eigenvalue weighted by Gasteiger charge is 2.18. The smallest absolute Gasteiger partial charge is 0.0448 e. The first kappa shape index (κ1) is 10.7. The summed E-state index contributed by atoms with van der Waals surface area (Å²) < 4.78 is 0. The Hall–Kier alpha value is -0.340. The Kier molecular flexibility index (Phi) is 5.16. The molecule has 0 rings (SSSR count). The van der Waals surface area contributed by atoms with Crippen LogP contribution in [0.5, 0.6) is 0 Å². The lowest BCUT2D eigenvalue weighted by molar-refractivity contribution is 0.220. The molecular formula is C9H19NO. The Morgan fingerprint density at radius 3 is 2.64 bits per heavy atom. The summed E-state index contributed by atoms with van der Waals surface area (Å²) in [7, 11) is 0. The molecule has 0 bridgehead atoms. The number of hydrogen-bond acceptors (Lipinski definition) is 2. The predicted molar refractivity (Wildman–Crippen MR) is 48.6 cm³/mol. The molecule has 0 aliphatic carbocycles. The van der Waals surface area contributed by atoms with E-state index in [1.165, 1.54) is 0 Å². The van der Waals surface area contributed by atoms with Crippen molar-refractivity contribution in [1.29, 1.82) is 0 Å². The van der Waals surface area contributed by atoms with Gasteiger partial charge in [0.15, 0.2) is 0 Å². The third-order valence-corrected chi connectivity index (χ3v) is 2.12. The van der Waals surface area contributed by atoms with Crippen LogP contribution in [-0.4, -0.2) is 23.8 Å². The summed E-state index contributed by atoms with van der Waals surface area (Å²) in [6.45, 7) is 8.92. The van der Waals surface area contributed by atoms with E-state index in [0.717, 1.165) is 19.4 Å². The number of hydrogen-bond donors (Lipinski definition) is 2. The number of aliphatic hydroxyl groups excluding tert-OH is 1. The Labute approximate surface area is 69.3 Å². The van der Waals surface area contributed by atoms with Gasteiger partial charge in [-0.1, -0.05) is 13.0 Å². The van der Waals surface area contributed by atoms with Crippen LogP contribution in [-0.2, 0) is 0 Å². The zero-order valence-electron chi connectivity index (χ0n) is 7.56. The summed E-state index contributed by atoms with van der Waals surface area (Å²) in [6.07, 6.45) is 3.67. The van der Waals surface area contributed by atoms with Crippen LogP contribution in [0.2, 0.25) is 0 Å². The first-order valence-electron chi connectivity index (χ1n) is 4.15. The third-order valence-electron chi connectivity index (χ3n) is 2.12. The molecule has 0 aromatic heterocycles. The highest BCUT2D eigenvalue weighted by Crippen LogP contribution is 2.12. The largest absolute Gasteiger partial charge is 0.396 e. The van der Waals surface area contributed by atoms with Crippen LogP contribution in [0.25, 0.3) is 0 Å². The van der Waals surface area contributed by atoms with E-state index < -0.39 is 0 Å². The lowest BCUT2D eigenvalue weighted by Crippen LogP contribution is -2.42. The monoisotopic (exact) mass is 157 g/mol. The van der Waals surface area contributed by atoms with Gasteiger partial charge in [-0.05, 0) is 19.8 Å². The highest BCUT2D eigenvalue weighted by atomic mass is 16.3. The van der Waals surface area contributed by atoms with Crippen LogP contribution in [0, 0.1) is 0 Å². The minimum atomic E-state index is 0.0724. The van der Waals surface area contributed by atoms with Crippen molar-refractivity contribution >= 4 is 0 Å². The molecule has 0 saturated heterocycles. The minimum Gasteiger partial charge on any atom is -0.396 e. The van der Waals surface area contributed by atoms with Crippen molar-refractivity contribution in [2.24, 2.45) is 0 Å². The quantitative estimate of drug-likeness (QED) is 0.570. The van der Waals surface area contributed by atoms with Crippen LogP contribution in [0.3, 0.4) is 0 Å². The molecule has 0 aliphatic rings. The van der Waals surface area contributed by atoms with Crippen molar-refractivity contribution in [2.45, 2.75) is 32.2 Å². The van der Waals surface area contributed by atoms with Crippen LogP contribution in [0.4, 0.5) is 0 Å². The predicted octanol–water partition coefficient (Wildman–Crippen LogP) is 1.31. The summed E-state index contributed by atoms with van der Waals surface area (Å²) in [5, 5.41) is 12.1. The molecule has 66 valence electrons. The van der Waals surface area contributed by atoms with Gasteiger partial charge in [0.1, 0.15) is 0 Å². The second-order valence-corrected chi connectivity index (χ2v) is 3.06. The molecule has 0 amide bonds. The van der Waals surface area contributed by atoms with E-state index in [1.807, 2.05) is 6.08 Å². The molecule has 0 fully saturated rings. The van der Waals surface area contributed by atoms with E-state index in [4.69, 9.17) is 5.11 Å². The maximum Gasteiger partial charge on any atom is 0.0448 e. The molecule has 0 aromatic rings. The maximum absolute atomic E-state index is 8.77. The van der Waals surface area contributed by atoms with E-state index in [9.17, 15) is 0 Å². The van der Waals surface area contributed by atoms with Gasteiger partial charge < -0.3 is 10.4 Å². The van der Waals surface area contributed by atoms with Gasteiger partial charge in [0.2, 0.25) is 0 Å². The fourth-order valence-corrected chi connectivity index (χ4v) is 0.955. The average Bonchev–Trinajstić information content (AvgIpc) is 2.02. The fourth-order valence-electron chi connectivity index (χ4n) is 0.955. The topological polar surface area (TPSA) is 32.3 Å². The van der Waals surface area contributed by atoms with Crippen LogP contribution < -0.4 is 5.32 Å². The first-order chi connectivity index (χ1) is 5.18. The number of aliphatic hydroxyl groups is 1. The Bertz CT molecular complexity index is 114. The van der Waals surface area contributed by atoms with Gasteiger partial charge in [-0.15, -0.1) is 6.58 Å². The highest BCUT2D eigenvalue weighted by molar-refractivity contribution is 4.84. The van der Waals surface area contributed by atoms with E-state index in [2.05, 4.69) is 25.7 Å². The molecule has 2 heteroatoms. The second kappa shape index (κ2) is 5.33. The number of rotatable bonds is 6. The van der Waals surface area contributed by atoms with Crippen molar-refractivity contribution in [3.8, 4) is 0 Å². The van der Waals surface area contributed by atoms with E-state index in [1.54, 1.807) is 0 Å². The van der Waals surface area contributed by atoms with Crippen molar-refractivity contribution in [3.05, 3.63) is 12.7 Å². The Balaban J connectivity index is 3.76. The van der Waals surface area contributed by atoms with Gasteiger partial charge in [-0.25, -0.2) is 0 Å².